The lowest BCUT2D eigenvalue weighted by Crippen LogP contribution is -2.08. The van der Waals surface area contributed by atoms with Gasteiger partial charge in [-0.15, -0.1) is 10.2 Å². The van der Waals surface area contributed by atoms with Crippen molar-refractivity contribution < 1.29 is 13.2 Å². The average Bonchev–Trinajstić information content (AvgIpc) is 3.01. The standard InChI is InChI=1S/C14H10F3N5S2/c15-14(16,17)10-6-7-18-11(20-10)23-13-22-21-12(24-13)19-8-9-4-2-1-3-5-9/h1-7H,8H2,(H,19,21). The van der Waals surface area contributed by atoms with Gasteiger partial charge in [0.15, 0.2) is 9.50 Å². The SMILES string of the molecule is FC(F)(F)c1ccnc(Sc2nnc(NCc3ccccc3)s2)n1. The van der Waals surface area contributed by atoms with Gasteiger partial charge in [-0.05, 0) is 23.4 Å². The van der Waals surface area contributed by atoms with Crippen molar-refractivity contribution in [3.05, 3.63) is 53.9 Å². The first-order chi connectivity index (χ1) is 11.5. The van der Waals surface area contributed by atoms with Crippen molar-refractivity contribution in [2.75, 3.05) is 5.32 Å². The number of benzene rings is 1. The van der Waals surface area contributed by atoms with Crippen molar-refractivity contribution in [1.82, 2.24) is 20.2 Å². The van der Waals surface area contributed by atoms with E-state index in [9.17, 15) is 13.2 Å². The zero-order chi connectivity index (χ0) is 17.0. The van der Waals surface area contributed by atoms with Gasteiger partial charge in [0.1, 0.15) is 5.69 Å². The summed E-state index contributed by atoms with van der Waals surface area (Å²) >= 11 is 2.17. The Hall–Kier alpha value is -2.20. The largest absolute Gasteiger partial charge is 0.433 e. The van der Waals surface area contributed by atoms with E-state index in [2.05, 4.69) is 25.5 Å². The van der Waals surface area contributed by atoms with Crippen molar-refractivity contribution in [1.29, 1.82) is 0 Å². The Morgan fingerprint density at radius 3 is 2.62 bits per heavy atom. The molecule has 3 aromatic rings. The molecule has 1 N–H and O–H groups in total. The van der Waals surface area contributed by atoms with Crippen molar-refractivity contribution in [3.8, 4) is 0 Å². The second-order valence-corrected chi connectivity index (χ2v) is 6.73. The molecule has 0 aliphatic heterocycles. The first kappa shape index (κ1) is 16.7. The molecule has 0 fully saturated rings. The Morgan fingerprint density at radius 1 is 1.08 bits per heavy atom. The van der Waals surface area contributed by atoms with Gasteiger partial charge in [-0.2, -0.15) is 13.2 Å². The summed E-state index contributed by atoms with van der Waals surface area (Å²) < 4.78 is 38.4. The van der Waals surface area contributed by atoms with Gasteiger partial charge in [-0.25, -0.2) is 9.97 Å². The number of nitrogens with one attached hydrogen (secondary N) is 1. The minimum Gasteiger partial charge on any atom is -0.356 e. The molecule has 1 aromatic carbocycles. The molecule has 5 nitrogen and oxygen atoms in total. The highest BCUT2D eigenvalue weighted by molar-refractivity contribution is 8.00. The molecule has 0 saturated carbocycles. The van der Waals surface area contributed by atoms with Crippen molar-refractivity contribution in [2.24, 2.45) is 0 Å². The molecule has 0 aliphatic carbocycles. The minimum atomic E-state index is -4.50. The van der Waals surface area contributed by atoms with Crippen LogP contribution < -0.4 is 5.32 Å². The quantitative estimate of drug-likeness (QED) is 0.683. The Balaban J connectivity index is 1.64. The fourth-order valence-corrected chi connectivity index (χ4v) is 3.32. The number of hydrogen-bond acceptors (Lipinski definition) is 7. The average molecular weight is 369 g/mol. The Bertz CT molecular complexity index is 807. The molecule has 0 aliphatic rings. The summed E-state index contributed by atoms with van der Waals surface area (Å²) in [5.74, 6) is 0. The van der Waals surface area contributed by atoms with E-state index in [4.69, 9.17) is 0 Å². The maximum absolute atomic E-state index is 12.6. The van der Waals surface area contributed by atoms with E-state index in [0.717, 1.165) is 29.6 Å². The first-order valence-corrected chi connectivity index (χ1v) is 8.33. The zero-order valence-corrected chi connectivity index (χ0v) is 13.6. The molecule has 0 radical (unpaired) electrons. The van der Waals surface area contributed by atoms with Crippen LogP contribution >= 0.6 is 23.1 Å². The maximum Gasteiger partial charge on any atom is 0.433 e. The second kappa shape index (κ2) is 7.14. The number of rotatable bonds is 5. The van der Waals surface area contributed by atoms with Gasteiger partial charge in [-0.3, -0.25) is 0 Å². The van der Waals surface area contributed by atoms with E-state index >= 15 is 0 Å². The van der Waals surface area contributed by atoms with E-state index in [0.29, 0.717) is 16.0 Å². The number of halogens is 3. The van der Waals surface area contributed by atoms with Crippen LogP contribution in [0.3, 0.4) is 0 Å². The van der Waals surface area contributed by atoms with E-state index < -0.39 is 11.9 Å². The molecule has 0 saturated heterocycles. The zero-order valence-electron chi connectivity index (χ0n) is 12.0. The Kier molecular flexibility index (Phi) is 4.95. The number of alkyl halides is 3. The summed E-state index contributed by atoms with van der Waals surface area (Å²) in [6, 6.07) is 10.6. The molecule has 0 atom stereocenters. The molecule has 10 heteroatoms. The summed E-state index contributed by atoms with van der Waals surface area (Å²) in [7, 11) is 0. The van der Waals surface area contributed by atoms with E-state index in [-0.39, 0.29) is 5.16 Å². The van der Waals surface area contributed by atoms with Crippen LogP contribution in [0, 0.1) is 0 Å². The summed E-state index contributed by atoms with van der Waals surface area (Å²) in [5, 5.41) is 11.6. The molecule has 124 valence electrons. The Morgan fingerprint density at radius 2 is 1.88 bits per heavy atom. The van der Waals surface area contributed by atoms with Gasteiger partial charge < -0.3 is 5.32 Å². The maximum atomic E-state index is 12.6. The predicted octanol–water partition coefficient (Wildman–Crippen LogP) is 4.11. The highest BCUT2D eigenvalue weighted by atomic mass is 32.2. The summed E-state index contributed by atoms with van der Waals surface area (Å²) in [4.78, 5) is 7.31. The van der Waals surface area contributed by atoms with E-state index in [1.807, 2.05) is 30.3 Å². The molecule has 2 aromatic heterocycles. The molecule has 3 rings (SSSR count). The van der Waals surface area contributed by atoms with Crippen LogP contribution in [-0.4, -0.2) is 20.2 Å². The van der Waals surface area contributed by atoms with Crippen LogP contribution in [0.5, 0.6) is 0 Å². The summed E-state index contributed by atoms with van der Waals surface area (Å²) in [6.45, 7) is 0.584. The molecule has 0 amide bonds. The van der Waals surface area contributed by atoms with E-state index in [1.54, 1.807) is 0 Å². The van der Waals surface area contributed by atoms with Crippen LogP contribution in [-0.2, 0) is 12.7 Å². The lowest BCUT2D eigenvalue weighted by molar-refractivity contribution is -0.141. The minimum absolute atomic E-state index is 0.0180. The van der Waals surface area contributed by atoms with Gasteiger partial charge in [0.2, 0.25) is 5.13 Å². The predicted molar refractivity (Wildman–Crippen MR) is 84.8 cm³/mol. The lowest BCUT2D eigenvalue weighted by Gasteiger charge is -2.05. The van der Waals surface area contributed by atoms with Crippen LogP contribution in [0.2, 0.25) is 0 Å². The highest BCUT2D eigenvalue weighted by Gasteiger charge is 2.32. The van der Waals surface area contributed by atoms with Crippen LogP contribution in [0.25, 0.3) is 0 Å². The molecule has 24 heavy (non-hydrogen) atoms. The topological polar surface area (TPSA) is 63.6 Å². The summed E-state index contributed by atoms with van der Waals surface area (Å²) in [5.41, 5.74) is 0.107. The lowest BCUT2D eigenvalue weighted by atomic mass is 10.2. The van der Waals surface area contributed by atoms with E-state index in [1.165, 1.54) is 11.3 Å². The van der Waals surface area contributed by atoms with Crippen LogP contribution in [0.15, 0.2) is 52.1 Å². The fourth-order valence-electron chi connectivity index (χ4n) is 1.72. The van der Waals surface area contributed by atoms with Crippen molar-refractivity contribution in [3.63, 3.8) is 0 Å². The molecule has 2 heterocycles. The first-order valence-electron chi connectivity index (χ1n) is 6.70. The third-order valence-corrected chi connectivity index (χ3v) is 4.61. The fraction of sp³-hybridized carbons (Fsp3) is 0.143. The second-order valence-electron chi connectivity index (χ2n) is 4.54. The van der Waals surface area contributed by atoms with Crippen LogP contribution in [0.1, 0.15) is 11.3 Å². The Labute approximate surface area is 143 Å². The number of aromatic nitrogens is 4. The number of nitrogens with zero attached hydrogens (tertiary/aromatic N) is 4. The molecule has 0 bridgehead atoms. The monoisotopic (exact) mass is 369 g/mol. The van der Waals surface area contributed by atoms with Gasteiger partial charge in [-0.1, -0.05) is 41.7 Å². The smallest absolute Gasteiger partial charge is 0.356 e. The van der Waals surface area contributed by atoms with Crippen molar-refractivity contribution >= 4 is 28.2 Å². The van der Waals surface area contributed by atoms with Crippen LogP contribution in [0.4, 0.5) is 18.3 Å². The molecule has 0 spiro atoms. The van der Waals surface area contributed by atoms with Gasteiger partial charge >= 0.3 is 6.18 Å². The van der Waals surface area contributed by atoms with Gasteiger partial charge in [0, 0.05) is 12.7 Å². The third kappa shape index (κ3) is 4.42. The molecular formula is C14H10F3N5S2. The van der Waals surface area contributed by atoms with Gasteiger partial charge in [0.05, 0.1) is 0 Å². The molecule has 0 unspecified atom stereocenters. The third-order valence-electron chi connectivity index (χ3n) is 2.80. The van der Waals surface area contributed by atoms with Gasteiger partial charge in [0.25, 0.3) is 0 Å². The normalized spacial score (nSPS) is 11.5. The number of anilines is 1. The summed E-state index contributed by atoms with van der Waals surface area (Å²) in [6.07, 6.45) is -3.42. The van der Waals surface area contributed by atoms with Crippen molar-refractivity contribution in [2.45, 2.75) is 22.2 Å². The highest BCUT2D eigenvalue weighted by Crippen LogP contribution is 2.32. The molecular weight excluding hydrogens is 359 g/mol. The number of hydrogen-bond donors (Lipinski definition) is 1.